The Bertz CT molecular complexity index is 1520. The van der Waals surface area contributed by atoms with Crippen LogP contribution in [0.5, 0.6) is 5.75 Å². The number of tetrazole rings is 1. The first-order valence-electron chi connectivity index (χ1n) is 10.3. The van der Waals surface area contributed by atoms with Crippen LogP contribution in [0, 0.1) is 4.77 Å². The third kappa shape index (κ3) is 6.22. The first kappa shape index (κ1) is 24.8. The van der Waals surface area contributed by atoms with Gasteiger partial charge in [-0.2, -0.15) is 5.21 Å². The van der Waals surface area contributed by atoms with Gasteiger partial charge in [0.05, 0.1) is 10.6 Å². The van der Waals surface area contributed by atoms with E-state index in [0.717, 1.165) is 0 Å². The topological polar surface area (TPSA) is 167 Å². The number of carbonyl (C=O) groups excluding carboxylic acids is 1. The first-order valence-corrected chi connectivity index (χ1v) is 12.2. The monoisotopic (exact) mass is 527 g/mol. The van der Waals surface area contributed by atoms with Gasteiger partial charge in [-0.3, -0.25) is 4.72 Å². The van der Waals surface area contributed by atoms with E-state index in [4.69, 9.17) is 17.1 Å². The maximum Gasteiger partial charge on any atom is 0.323 e. The zero-order chi connectivity index (χ0) is 25.5. The third-order valence-electron chi connectivity index (χ3n) is 4.61. The summed E-state index contributed by atoms with van der Waals surface area (Å²) in [5.41, 5.74) is 6.80. The number of hydrogen-bond acceptors (Lipinski definition) is 9. The number of nitrogens with zero attached hydrogens (tertiary/aromatic N) is 3. The molecule has 0 aliphatic rings. The highest BCUT2D eigenvalue weighted by molar-refractivity contribution is 7.92. The van der Waals surface area contributed by atoms with Crippen LogP contribution < -0.4 is 31.2 Å². The summed E-state index contributed by atoms with van der Waals surface area (Å²) in [4.78, 5) is 17.7. The van der Waals surface area contributed by atoms with Crippen LogP contribution in [0.2, 0.25) is 0 Å². The molecule has 0 atom stereocenters. The van der Waals surface area contributed by atoms with E-state index in [1.165, 1.54) is 22.9 Å². The van der Waals surface area contributed by atoms with Gasteiger partial charge in [0, 0.05) is 24.1 Å². The van der Waals surface area contributed by atoms with Gasteiger partial charge >= 0.3 is 6.03 Å². The van der Waals surface area contributed by atoms with Crippen molar-refractivity contribution in [1.29, 1.82) is 0 Å². The summed E-state index contributed by atoms with van der Waals surface area (Å²) < 4.78 is 29.9. The molecule has 0 radical (unpaired) electrons. The van der Waals surface area contributed by atoms with Crippen LogP contribution in [0.15, 0.2) is 77.7 Å². The van der Waals surface area contributed by atoms with Crippen molar-refractivity contribution in [2.24, 2.45) is 0 Å². The number of hydrogen-bond donors (Lipinski definition) is 6. The Morgan fingerprint density at radius 2 is 1.67 bits per heavy atom. The van der Waals surface area contributed by atoms with Crippen molar-refractivity contribution in [2.75, 3.05) is 22.4 Å². The van der Waals surface area contributed by atoms with Crippen LogP contribution in [0.3, 0.4) is 0 Å². The quantitative estimate of drug-likeness (QED) is 0.142. The number of rotatable bonds is 9. The molecule has 1 heterocycles. The highest BCUT2D eigenvalue weighted by Gasteiger charge is 2.16. The number of sulfonamides is 1. The maximum atomic E-state index is 12.8. The SMILES string of the molecule is CNNOc1ccc(NS(=O)(=O)c2cccc(NC(=O)Nc3cccc(-n4[nH]nnc4=S)c3)c2)cc1. The Morgan fingerprint density at radius 3 is 2.33 bits per heavy atom. The number of carbonyl (C=O) groups is 1. The van der Waals surface area contributed by atoms with Crippen molar-refractivity contribution in [2.45, 2.75) is 4.90 Å². The predicted octanol–water partition coefficient (Wildman–Crippen LogP) is 2.79. The standard InChI is InChI=1S/C21H21N9O4S2/c1-22-29-34-18-10-8-14(9-11-18)26-36(32,33)19-7-3-5-16(13-19)24-20(31)23-15-4-2-6-17(12-15)30-21(35)25-27-28-30/h2-13,22,26,29H,1H3,(H2,23,24,31)(H,25,28,35). The molecule has 4 aromatic rings. The second-order valence-corrected chi connectivity index (χ2v) is 9.21. The average Bonchev–Trinajstić information content (AvgIpc) is 3.29. The molecule has 3 aromatic carbocycles. The molecule has 0 saturated carbocycles. The molecular weight excluding hydrogens is 506 g/mol. The minimum Gasteiger partial charge on any atom is -0.394 e. The van der Waals surface area contributed by atoms with E-state index in [1.54, 1.807) is 61.6 Å². The average molecular weight is 528 g/mol. The van der Waals surface area contributed by atoms with E-state index in [-0.39, 0.29) is 15.4 Å². The van der Waals surface area contributed by atoms with Gasteiger partial charge in [0.25, 0.3) is 10.0 Å². The highest BCUT2D eigenvalue weighted by atomic mass is 32.2. The van der Waals surface area contributed by atoms with Gasteiger partial charge in [-0.1, -0.05) is 28.0 Å². The molecular formula is C21H21N9O4S2. The Labute approximate surface area is 210 Å². The van der Waals surface area contributed by atoms with Gasteiger partial charge in [0.15, 0.2) is 0 Å². The number of hydrazine groups is 1. The number of anilines is 3. The summed E-state index contributed by atoms with van der Waals surface area (Å²) in [5, 5.41) is 15.3. The Kier molecular flexibility index (Phi) is 7.55. The van der Waals surface area contributed by atoms with Gasteiger partial charge in [0.2, 0.25) is 4.77 Å². The second-order valence-electron chi connectivity index (χ2n) is 7.16. The summed E-state index contributed by atoms with van der Waals surface area (Å²) in [5.74, 6) is 0.486. The molecule has 0 aliphatic carbocycles. The molecule has 0 saturated heterocycles. The zero-order valence-electron chi connectivity index (χ0n) is 18.7. The number of aromatic amines is 1. The Morgan fingerprint density at radius 1 is 0.972 bits per heavy atom. The molecule has 13 nitrogen and oxygen atoms in total. The number of benzene rings is 3. The number of aromatic nitrogens is 4. The van der Waals surface area contributed by atoms with Crippen LogP contribution in [-0.2, 0) is 10.0 Å². The number of urea groups is 1. The van der Waals surface area contributed by atoms with Crippen molar-refractivity contribution in [3.05, 3.63) is 77.6 Å². The van der Waals surface area contributed by atoms with Crippen molar-refractivity contribution >= 4 is 45.3 Å². The minimum atomic E-state index is -3.91. The molecule has 1 aromatic heterocycles. The van der Waals surface area contributed by atoms with Crippen molar-refractivity contribution in [3.63, 3.8) is 0 Å². The lowest BCUT2D eigenvalue weighted by Crippen LogP contribution is -2.30. The van der Waals surface area contributed by atoms with Crippen LogP contribution >= 0.6 is 12.2 Å². The summed E-state index contributed by atoms with van der Waals surface area (Å²) >= 11 is 5.08. The number of amides is 2. The minimum absolute atomic E-state index is 0.0272. The lowest BCUT2D eigenvalue weighted by atomic mass is 10.3. The van der Waals surface area contributed by atoms with Crippen LogP contribution in [0.1, 0.15) is 0 Å². The molecule has 0 bridgehead atoms. The summed E-state index contributed by atoms with van der Waals surface area (Å²) in [7, 11) is -2.27. The van der Waals surface area contributed by atoms with Crippen molar-refractivity contribution in [1.82, 2.24) is 31.2 Å². The molecule has 0 unspecified atom stereocenters. The van der Waals surface area contributed by atoms with E-state index in [2.05, 4.69) is 41.9 Å². The highest BCUT2D eigenvalue weighted by Crippen LogP contribution is 2.22. The fourth-order valence-corrected chi connectivity index (χ4v) is 4.33. The van der Waals surface area contributed by atoms with E-state index in [1.807, 2.05) is 0 Å². The van der Waals surface area contributed by atoms with Crippen molar-refractivity contribution in [3.8, 4) is 11.4 Å². The Hall–Kier alpha value is -4.31. The molecule has 2 amide bonds. The summed E-state index contributed by atoms with van der Waals surface area (Å²) in [6.07, 6.45) is 0. The fraction of sp³-hybridized carbons (Fsp3) is 0.0476. The first-order chi connectivity index (χ1) is 17.3. The van der Waals surface area contributed by atoms with Gasteiger partial charge in [-0.05, 0) is 72.9 Å². The van der Waals surface area contributed by atoms with Crippen LogP contribution in [0.4, 0.5) is 21.9 Å². The molecule has 0 aliphatic heterocycles. The number of nitrogens with one attached hydrogen (secondary N) is 6. The molecule has 36 heavy (non-hydrogen) atoms. The van der Waals surface area contributed by atoms with Crippen molar-refractivity contribution < 1.29 is 18.0 Å². The van der Waals surface area contributed by atoms with Gasteiger partial charge in [-0.25, -0.2) is 23.3 Å². The zero-order valence-corrected chi connectivity index (χ0v) is 20.4. The lowest BCUT2D eigenvalue weighted by Gasteiger charge is -2.12. The molecule has 0 spiro atoms. The molecule has 186 valence electrons. The molecule has 6 N–H and O–H groups in total. The normalized spacial score (nSPS) is 11.0. The van der Waals surface area contributed by atoms with Crippen LogP contribution in [0.25, 0.3) is 5.69 Å². The van der Waals surface area contributed by atoms with Crippen LogP contribution in [-0.4, -0.2) is 41.7 Å². The van der Waals surface area contributed by atoms with E-state index in [0.29, 0.717) is 22.8 Å². The van der Waals surface area contributed by atoms with Gasteiger partial charge in [-0.15, -0.1) is 0 Å². The molecule has 4 rings (SSSR count). The van der Waals surface area contributed by atoms with E-state index >= 15 is 0 Å². The smallest absolute Gasteiger partial charge is 0.323 e. The summed E-state index contributed by atoms with van der Waals surface area (Å²) in [6.45, 7) is 0. The predicted molar refractivity (Wildman–Crippen MR) is 136 cm³/mol. The Balaban J connectivity index is 1.42. The number of H-pyrrole nitrogens is 1. The summed E-state index contributed by atoms with van der Waals surface area (Å²) in [6, 6.07) is 18.5. The lowest BCUT2D eigenvalue weighted by molar-refractivity contribution is 0.160. The maximum absolute atomic E-state index is 12.8. The van der Waals surface area contributed by atoms with Gasteiger partial charge < -0.3 is 15.5 Å². The second kappa shape index (κ2) is 11.0. The third-order valence-corrected chi connectivity index (χ3v) is 6.26. The largest absolute Gasteiger partial charge is 0.394 e. The molecule has 0 fully saturated rings. The van der Waals surface area contributed by atoms with E-state index < -0.39 is 16.1 Å². The molecule has 15 heteroatoms. The van der Waals surface area contributed by atoms with Gasteiger partial charge in [0.1, 0.15) is 5.75 Å². The van der Waals surface area contributed by atoms with E-state index in [9.17, 15) is 13.2 Å². The fourth-order valence-electron chi connectivity index (χ4n) is 3.04.